The summed E-state index contributed by atoms with van der Waals surface area (Å²) in [5.74, 6) is -0.0724. The topological polar surface area (TPSA) is 38.3 Å². The van der Waals surface area contributed by atoms with Gasteiger partial charge in [-0.1, -0.05) is 0 Å². The molecule has 2 rings (SSSR count). The minimum Gasteiger partial charge on any atom is -0.381 e. The van der Waals surface area contributed by atoms with Crippen molar-refractivity contribution in [1.29, 1.82) is 0 Å². The summed E-state index contributed by atoms with van der Waals surface area (Å²) in [7, 11) is 0. The summed E-state index contributed by atoms with van der Waals surface area (Å²) in [5, 5.41) is 2.94. The molecule has 18 heavy (non-hydrogen) atoms. The van der Waals surface area contributed by atoms with Crippen molar-refractivity contribution in [3.63, 3.8) is 0 Å². The highest BCUT2D eigenvalue weighted by molar-refractivity contribution is 5.94. The third-order valence-corrected chi connectivity index (χ3v) is 3.45. The third-order valence-electron chi connectivity index (χ3n) is 3.45. The zero-order valence-electron chi connectivity index (χ0n) is 10.7. The van der Waals surface area contributed by atoms with Gasteiger partial charge in [-0.3, -0.25) is 4.79 Å². The van der Waals surface area contributed by atoms with Crippen LogP contribution in [0.3, 0.4) is 0 Å². The maximum atomic E-state index is 13.1. The summed E-state index contributed by atoms with van der Waals surface area (Å²) in [6, 6.07) is 4.48. The van der Waals surface area contributed by atoms with Gasteiger partial charge in [0.1, 0.15) is 5.82 Å². The Morgan fingerprint density at radius 1 is 1.56 bits per heavy atom. The van der Waals surface area contributed by atoms with Crippen LogP contribution in [-0.4, -0.2) is 25.2 Å². The molecule has 0 bridgehead atoms. The quantitative estimate of drug-likeness (QED) is 0.895. The van der Waals surface area contributed by atoms with Crippen molar-refractivity contribution in [2.45, 2.75) is 26.3 Å². The van der Waals surface area contributed by atoms with Crippen molar-refractivity contribution in [3.8, 4) is 0 Å². The Morgan fingerprint density at radius 2 is 2.33 bits per heavy atom. The van der Waals surface area contributed by atoms with E-state index in [1.807, 2.05) is 6.92 Å². The molecule has 4 heteroatoms. The largest absolute Gasteiger partial charge is 0.381 e. The lowest BCUT2D eigenvalue weighted by molar-refractivity contribution is 0.0922. The van der Waals surface area contributed by atoms with Crippen molar-refractivity contribution in [1.82, 2.24) is 5.32 Å². The molecule has 1 N–H and O–H groups in total. The zero-order chi connectivity index (χ0) is 13.1. The van der Waals surface area contributed by atoms with Gasteiger partial charge in [0.15, 0.2) is 0 Å². The lowest BCUT2D eigenvalue weighted by Gasteiger charge is -2.19. The molecule has 1 aliphatic rings. The highest BCUT2D eigenvalue weighted by Crippen LogP contribution is 2.17. The van der Waals surface area contributed by atoms with E-state index in [4.69, 9.17) is 4.74 Å². The molecular formula is C14H18FNO2. The molecule has 1 aliphatic heterocycles. The minimum atomic E-state index is -0.288. The Morgan fingerprint density at radius 3 is 2.94 bits per heavy atom. The number of carbonyl (C=O) groups excluding carboxylic acids is 1. The number of hydrogen-bond acceptors (Lipinski definition) is 2. The molecule has 1 fully saturated rings. The van der Waals surface area contributed by atoms with Crippen LogP contribution in [0.5, 0.6) is 0 Å². The van der Waals surface area contributed by atoms with Crippen molar-refractivity contribution in [2.24, 2.45) is 5.92 Å². The van der Waals surface area contributed by atoms with Gasteiger partial charge in [-0.2, -0.15) is 0 Å². The number of rotatable bonds is 3. The van der Waals surface area contributed by atoms with Crippen LogP contribution in [0.25, 0.3) is 0 Å². The lowest BCUT2D eigenvalue weighted by Crippen LogP contribution is -2.38. The number of nitrogens with one attached hydrogen (secondary N) is 1. The van der Waals surface area contributed by atoms with Crippen LogP contribution in [0.2, 0.25) is 0 Å². The molecule has 1 heterocycles. The fraction of sp³-hybridized carbons (Fsp3) is 0.500. The molecule has 1 saturated heterocycles. The first-order valence-electron chi connectivity index (χ1n) is 6.22. The molecule has 0 aromatic heterocycles. The van der Waals surface area contributed by atoms with E-state index in [9.17, 15) is 9.18 Å². The standard InChI is InChI=1S/C14H18FNO2/c1-9-7-11(3-4-13(9)15)14(17)16-10(2)12-5-6-18-8-12/h3-4,7,10,12H,5-6,8H2,1-2H3,(H,16,17). The second-order valence-corrected chi connectivity index (χ2v) is 4.85. The number of hydrogen-bond donors (Lipinski definition) is 1. The maximum Gasteiger partial charge on any atom is 0.251 e. The van der Waals surface area contributed by atoms with Crippen LogP contribution in [0.4, 0.5) is 4.39 Å². The van der Waals surface area contributed by atoms with Crippen LogP contribution in [0.1, 0.15) is 29.3 Å². The zero-order valence-corrected chi connectivity index (χ0v) is 10.7. The van der Waals surface area contributed by atoms with E-state index in [0.717, 1.165) is 13.0 Å². The predicted octanol–water partition coefficient (Wildman–Crippen LogP) is 2.29. The summed E-state index contributed by atoms with van der Waals surface area (Å²) in [4.78, 5) is 12.0. The van der Waals surface area contributed by atoms with E-state index in [-0.39, 0.29) is 17.8 Å². The molecular weight excluding hydrogens is 233 g/mol. The molecule has 0 radical (unpaired) electrons. The first-order valence-corrected chi connectivity index (χ1v) is 6.22. The molecule has 3 nitrogen and oxygen atoms in total. The van der Waals surface area contributed by atoms with Gasteiger partial charge in [0.05, 0.1) is 6.61 Å². The van der Waals surface area contributed by atoms with Crippen molar-refractivity contribution in [2.75, 3.05) is 13.2 Å². The summed E-state index contributed by atoms with van der Waals surface area (Å²) in [5.41, 5.74) is 0.985. The average Bonchev–Trinajstić information content (AvgIpc) is 2.86. The van der Waals surface area contributed by atoms with E-state index in [0.29, 0.717) is 23.7 Å². The fourth-order valence-electron chi connectivity index (χ4n) is 2.14. The normalized spacial score (nSPS) is 20.7. The van der Waals surface area contributed by atoms with Crippen LogP contribution < -0.4 is 5.32 Å². The SMILES string of the molecule is Cc1cc(C(=O)NC(C)C2CCOC2)ccc1F. The monoisotopic (exact) mass is 251 g/mol. The smallest absolute Gasteiger partial charge is 0.251 e. The van der Waals surface area contributed by atoms with Crippen LogP contribution in [-0.2, 0) is 4.74 Å². The number of amides is 1. The highest BCUT2D eigenvalue weighted by atomic mass is 19.1. The molecule has 2 atom stereocenters. The molecule has 1 amide bonds. The van der Waals surface area contributed by atoms with E-state index >= 15 is 0 Å². The molecule has 0 aliphatic carbocycles. The fourth-order valence-corrected chi connectivity index (χ4v) is 2.14. The van der Waals surface area contributed by atoms with Gasteiger partial charge in [-0.15, -0.1) is 0 Å². The molecule has 1 aromatic rings. The van der Waals surface area contributed by atoms with Gasteiger partial charge in [0.25, 0.3) is 5.91 Å². The molecule has 98 valence electrons. The van der Waals surface area contributed by atoms with E-state index < -0.39 is 0 Å². The van der Waals surface area contributed by atoms with Gasteiger partial charge in [-0.25, -0.2) is 4.39 Å². The van der Waals surface area contributed by atoms with Crippen molar-refractivity contribution < 1.29 is 13.9 Å². The number of carbonyl (C=O) groups is 1. The van der Waals surface area contributed by atoms with Crippen molar-refractivity contribution >= 4 is 5.91 Å². The van der Waals surface area contributed by atoms with E-state index in [2.05, 4.69) is 5.32 Å². The molecule has 2 unspecified atom stereocenters. The van der Waals surface area contributed by atoms with Crippen LogP contribution in [0.15, 0.2) is 18.2 Å². The average molecular weight is 251 g/mol. The summed E-state index contributed by atoms with van der Waals surface area (Å²) >= 11 is 0. The van der Waals surface area contributed by atoms with E-state index in [1.165, 1.54) is 12.1 Å². The number of aryl methyl sites for hydroxylation is 1. The lowest BCUT2D eigenvalue weighted by atomic mass is 10.0. The third kappa shape index (κ3) is 2.88. The Bertz CT molecular complexity index is 441. The van der Waals surface area contributed by atoms with Crippen LogP contribution in [0, 0.1) is 18.7 Å². The molecule has 0 spiro atoms. The first-order chi connectivity index (χ1) is 8.58. The summed E-state index contributed by atoms with van der Waals surface area (Å²) < 4.78 is 18.4. The van der Waals surface area contributed by atoms with Gasteiger partial charge in [0.2, 0.25) is 0 Å². The van der Waals surface area contributed by atoms with E-state index in [1.54, 1.807) is 13.0 Å². The highest BCUT2D eigenvalue weighted by Gasteiger charge is 2.23. The van der Waals surface area contributed by atoms with Gasteiger partial charge in [0, 0.05) is 24.1 Å². The number of benzene rings is 1. The Kier molecular flexibility index (Phi) is 3.97. The minimum absolute atomic E-state index is 0.0744. The maximum absolute atomic E-state index is 13.1. The Labute approximate surface area is 106 Å². The summed E-state index contributed by atoms with van der Waals surface area (Å²) in [6.45, 7) is 5.10. The summed E-state index contributed by atoms with van der Waals surface area (Å²) in [6.07, 6.45) is 0.976. The first kappa shape index (κ1) is 13.0. The predicted molar refractivity (Wildman–Crippen MR) is 67.0 cm³/mol. The molecule has 0 saturated carbocycles. The Balaban J connectivity index is 2.00. The second-order valence-electron chi connectivity index (χ2n) is 4.85. The number of ether oxygens (including phenoxy) is 1. The number of halogens is 1. The van der Waals surface area contributed by atoms with Gasteiger partial charge >= 0.3 is 0 Å². The Hall–Kier alpha value is -1.42. The van der Waals surface area contributed by atoms with Gasteiger partial charge in [-0.05, 0) is 44.0 Å². The van der Waals surface area contributed by atoms with Gasteiger partial charge < -0.3 is 10.1 Å². The van der Waals surface area contributed by atoms with Crippen molar-refractivity contribution in [3.05, 3.63) is 35.1 Å². The molecule has 1 aromatic carbocycles. The van der Waals surface area contributed by atoms with Crippen LogP contribution >= 0.6 is 0 Å². The second kappa shape index (κ2) is 5.48.